The summed E-state index contributed by atoms with van der Waals surface area (Å²) in [5.74, 6) is 0. The van der Waals surface area contributed by atoms with Crippen LogP contribution in [0, 0.1) is 0 Å². The molecule has 0 radical (unpaired) electrons. The predicted octanol–water partition coefficient (Wildman–Crippen LogP) is 2.87. The Morgan fingerprint density at radius 2 is 2.06 bits per heavy atom. The third kappa shape index (κ3) is 3.48. The highest BCUT2D eigenvalue weighted by Gasteiger charge is 2.11. The average molecular weight is 285 g/mol. The second-order valence-corrected chi connectivity index (χ2v) is 5.12. The van der Waals surface area contributed by atoms with Gasteiger partial charge in [-0.1, -0.05) is 29.3 Å². The Bertz CT molecular complexity index is 540. The van der Waals surface area contributed by atoms with Crippen molar-refractivity contribution in [1.82, 2.24) is 9.78 Å². The maximum absolute atomic E-state index is 10.0. The van der Waals surface area contributed by atoms with Crippen molar-refractivity contribution in [2.75, 3.05) is 0 Å². The Kier molecular flexibility index (Phi) is 4.27. The quantitative estimate of drug-likeness (QED) is 0.938. The third-order valence-electron chi connectivity index (χ3n) is 2.68. The van der Waals surface area contributed by atoms with Crippen molar-refractivity contribution >= 4 is 23.2 Å². The van der Waals surface area contributed by atoms with E-state index in [9.17, 15) is 5.11 Å². The van der Waals surface area contributed by atoms with Gasteiger partial charge in [-0.05, 0) is 23.8 Å². The monoisotopic (exact) mass is 284 g/mol. The molecule has 2 rings (SSSR count). The lowest BCUT2D eigenvalue weighted by Gasteiger charge is -2.10. The van der Waals surface area contributed by atoms with Gasteiger partial charge in [0.1, 0.15) is 0 Å². The number of aromatic nitrogens is 2. The zero-order valence-corrected chi connectivity index (χ0v) is 11.5. The van der Waals surface area contributed by atoms with Crippen LogP contribution in [0.1, 0.15) is 11.3 Å². The second kappa shape index (κ2) is 5.74. The molecule has 0 saturated carbocycles. The normalized spacial score (nSPS) is 12.7. The molecule has 1 unspecified atom stereocenters. The van der Waals surface area contributed by atoms with Gasteiger partial charge in [0.15, 0.2) is 0 Å². The summed E-state index contributed by atoms with van der Waals surface area (Å²) in [7, 11) is 1.85. The first-order valence-corrected chi connectivity index (χ1v) is 6.40. The van der Waals surface area contributed by atoms with Gasteiger partial charge in [0, 0.05) is 36.1 Å². The van der Waals surface area contributed by atoms with Crippen molar-refractivity contribution in [3.63, 3.8) is 0 Å². The maximum Gasteiger partial charge on any atom is 0.0650 e. The van der Waals surface area contributed by atoms with E-state index in [0.29, 0.717) is 22.9 Å². The molecule has 1 N–H and O–H groups in total. The number of aliphatic hydroxyl groups is 1. The second-order valence-electron chi connectivity index (χ2n) is 4.28. The first-order valence-electron chi connectivity index (χ1n) is 5.65. The Labute approximate surface area is 116 Å². The number of nitrogens with zero attached hydrogens (tertiary/aromatic N) is 2. The number of halogens is 2. The van der Waals surface area contributed by atoms with E-state index in [0.717, 1.165) is 11.3 Å². The molecule has 96 valence electrons. The fraction of sp³-hybridized carbons (Fsp3) is 0.308. The van der Waals surface area contributed by atoms with Gasteiger partial charge in [-0.3, -0.25) is 4.68 Å². The van der Waals surface area contributed by atoms with Crippen LogP contribution in [0.3, 0.4) is 0 Å². The summed E-state index contributed by atoms with van der Waals surface area (Å²) in [6.45, 7) is 0. The molecule has 0 saturated heterocycles. The summed E-state index contributed by atoms with van der Waals surface area (Å²) in [6, 6.07) is 7.20. The van der Waals surface area contributed by atoms with Gasteiger partial charge in [0.05, 0.1) is 11.8 Å². The van der Waals surface area contributed by atoms with Crippen molar-refractivity contribution in [2.45, 2.75) is 18.9 Å². The minimum absolute atomic E-state index is 0.493. The minimum atomic E-state index is -0.501. The molecule has 0 aliphatic heterocycles. The molecule has 0 aliphatic rings. The lowest BCUT2D eigenvalue weighted by atomic mass is 10.0. The standard InChI is InChI=1S/C13H14Cl2N2O/c1-17-5-4-11(16-17)8-12(18)6-9-2-3-10(14)7-13(9)15/h2-5,7,12,18H,6,8H2,1H3. The van der Waals surface area contributed by atoms with E-state index in [1.807, 2.05) is 25.4 Å². The van der Waals surface area contributed by atoms with Gasteiger partial charge in [-0.15, -0.1) is 0 Å². The van der Waals surface area contributed by atoms with Gasteiger partial charge < -0.3 is 5.11 Å². The van der Waals surface area contributed by atoms with E-state index >= 15 is 0 Å². The summed E-state index contributed by atoms with van der Waals surface area (Å²) in [5.41, 5.74) is 1.76. The van der Waals surface area contributed by atoms with Crippen LogP contribution in [0.5, 0.6) is 0 Å². The fourth-order valence-electron chi connectivity index (χ4n) is 1.83. The van der Waals surface area contributed by atoms with Crippen LogP contribution in [-0.2, 0) is 19.9 Å². The predicted molar refractivity (Wildman–Crippen MR) is 73.1 cm³/mol. The van der Waals surface area contributed by atoms with Crippen LogP contribution < -0.4 is 0 Å². The molecule has 1 atom stereocenters. The molecule has 2 aromatic rings. The SMILES string of the molecule is Cn1ccc(CC(O)Cc2ccc(Cl)cc2Cl)n1. The van der Waals surface area contributed by atoms with Gasteiger partial charge in [-0.25, -0.2) is 0 Å². The van der Waals surface area contributed by atoms with E-state index in [4.69, 9.17) is 23.2 Å². The van der Waals surface area contributed by atoms with Gasteiger partial charge in [0.25, 0.3) is 0 Å². The largest absolute Gasteiger partial charge is 0.392 e. The summed E-state index contributed by atoms with van der Waals surface area (Å²) in [4.78, 5) is 0. The smallest absolute Gasteiger partial charge is 0.0650 e. The van der Waals surface area contributed by atoms with E-state index < -0.39 is 6.10 Å². The molecule has 18 heavy (non-hydrogen) atoms. The van der Waals surface area contributed by atoms with Gasteiger partial charge >= 0.3 is 0 Å². The summed E-state index contributed by atoms with van der Waals surface area (Å²) in [5, 5.41) is 15.4. The van der Waals surface area contributed by atoms with E-state index in [-0.39, 0.29) is 0 Å². The van der Waals surface area contributed by atoms with Gasteiger partial charge in [-0.2, -0.15) is 5.10 Å². The molecule has 0 bridgehead atoms. The zero-order valence-electron chi connectivity index (χ0n) is 9.98. The lowest BCUT2D eigenvalue weighted by molar-refractivity contribution is 0.174. The third-order valence-corrected chi connectivity index (χ3v) is 3.27. The van der Waals surface area contributed by atoms with Crippen LogP contribution in [-0.4, -0.2) is 21.0 Å². The number of hydrogen-bond donors (Lipinski definition) is 1. The summed E-state index contributed by atoms with van der Waals surface area (Å²) >= 11 is 11.9. The molecule has 0 amide bonds. The highest BCUT2D eigenvalue weighted by atomic mass is 35.5. The van der Waals surface area contributed by atoms with E-state index in [1.165, 1.54) is 0 Å². The summed E-state index contributed by atoms with van der Waals surface area (Å²) < 4.78 is 1.72. The average Bonchev–Trinajstić information content (AvgIpc) is 2.68. The van der Waals surface area contributed by atoms with Crippen LogP contribution >= 0.6 is 23.2 Å². The van der Waals surface area contributed by atoms with Crippen LogP contribution in [0.15, 0.2) is 30.5 Å². The maximum atomic E-state index is 10.0. The van der Waals surface area contributed by atoms with Crippen LogP contribution in [0.2, 0.25) is 10.0 Å². The molecule has 0 fully saturated rings. The van der Waals surface area contributed by atoms with Crippen LogP contribution in [0.4, 0.5) is 0 Å². The highest BCUT2D eigenvalue weighted by molar-refractivity contribution is 6.35. The number of aliphatic hydroxyl groups excluding tert-OH is 1. The fourth-order valence-corrected chi connectivity index (χ4v) is 2.31. The van der Waals surface area contributed by atoms with Crippen molar-refractivity contribution in [2.24, 2.45) is 7.05 Å². The molecule has 3 nitrogen and oxygen atoms in total. The van der Waals surface area contributed by atoms with Crippen LogP contribution in [0.25, 0.3) is 0 Å². The molecular formula is C13H14Cl2N2O. The number of hydrogen-bond acceptors (Lipinski definition) is 2. The molecule has 5 heteroatoms. The van der Waals surface area contributed by atoms with Gasteiger partial charge in [0.2, 0.25) is 0 Å². The Balaban J connectivity index is 2.00. The number of rotatable bonds is 4. The van der Waals surface area contributed by atoms with E-state index in [2.05, 4.69) is 5.10 Å². The Morgan fingerprint density at radius 1 is 1.28 bits per heavy atom. The minimum Gasteiger partial charge on any atom is -0.392 e. The van der Waals surface area contributed by atoms with Crippen molar-refractivity contribution in [3.8, 4) is 0 Å². The van der Waals surface area contributed by atoms with Crippen molar-refractivity contribution < 1.29 is 5.11 Å². The molecule has 1 heterocycles. The van der Waals surface area contributed by atoms with Crippen molar-refractivity contribution in [3.05, 3.63) is 51.8 Å². The molecule has 1 aromatic carbocycles. The molecular weight excluding hydrogens is 271 g/mol. The van der Waals surface area contributed by atoms with E-state index in [1.54, 1.807) is 16.8 Å². The topological polar surface area (TPSA) is 38.0 Å². The number of benzene rings is 1. The lowest BCUT2D eigenvalue weighted by Crippen LogP contribution is -2.14. The number of aryl methyl sites for hydroxylation is 1. The molecule has 0 spiro atoms. The molecule has 0 aliphatic carbocycles. The summed E-state index contributed by atoms with van der Waals surface area (Å²) in [6.07, 6.45) is 2.36. The zero-order chi connectivity index (χ0) is 13.1. The first-order chi connectivity index (χ1) is 8.54. The first kappa shape index (κ1) is 13.4. The Hall–Kier alpha value is -1.03. The Morgan fingerprint density at radius 3 is 2.67 bits per heavy atom. The molecule has 1 aromatic heterocycles. The van der Waals surface area contributed by atoms with Crippen molar-refractivity contribution in [1.29, 1.82) is 0 Å². The highest BCUT2D eigenvalue weighted by Crippen LogP contribution is 2.22.